The van der Waals surface area contributed by atoms with Crippen LogP contribution in [0.15, 0.2) is 60.7 Å². The Morgan fingerprint density at radius 1 is 1.03 bits per heavy atom. The molecular weight excluding hydrogens is 431 g/mol. The van der Waals surface area contributed by atoms with Crippen LogP contribution in [0.5, 0.6) is 0 Å². The molecule has 2 amide bonds. The number of carbonyl (C=O) groups is 2. The summed E-state index contributed by atoms with van der Waals surface area (Å²) >= 11 is 12.4. The van der Waals surface area contributed by atoms with Gasteiger partial charge in [0.15, 0.2) is 0 Å². The van der Waals surface area contributed by atoms with Crippen molar-refractivity contribution in [2.75, 3.05) is 6.54 Å². The number of nitrogens with one attached hydrogen (secondary N) is 2. The molecule has 1 aliphatic rings. The first-order chi connectivity index (χ1) is 15.0. The molecule has 0 aromatic heterocycles. The molecule has 2 aromatic rings. The van der Waals surface area contributed by atoms with E-state index in [1.807, 2.05) is 42.5 Å². The standard InChI is InChI=1S/C25H28Cl2N2O2/c26-21-15-20(16-22(27)17-21)23(14-18-8-3-1-4-9-18)29-24(30)12-7-13-28-25(31)19-10-5-2-6-11-19/h1-5,8-9,15-17,19,23H,6-7,10-14H2,(H,28,31)(H,29,30). The third-order valence-corrected chi connectivity index (χ3v) is 5.86. The third-order valence-electron chi connectivity index (χ3n) is 5.42. The Bertz CT molecular complexity index is 895. The number of carbonyl (C=O) groups excluding carboxylic acids is 2. The Labute approximate surface area is 194 Å². The summed E-state index contributed by atoms with van der Waals surface area (Å²) in [7, 11) is 0. The lowest BCUT2D eigenvalue weighted by Gasteiger charge is -2.20. The first-order valence-electron chi connectivity index (χ1n) is 10.7. The van der Waals surface area contributed by atoms with E-state index in [9.17, 15) is 9.59 Å². The van der Waals surface area contributed by atoms with Crippen molar-refractivity contribution in [3.8, 4) is 0 Å². The fraction of sp³-hybridized carbons (Fsp3) is 0.360. The lowest BCUT2D eigenvalue weighted by Crippen LogP contribution is -2.33. The predicted molar refractivity (Wildman–Crippen MR) is 126 cm³/mol. The molecule has 164 valence electrons. The Morgan fingerprint density at radius 2 is 1.77 bits per heavy atom. The van der Waals surface area contributed by atoms with E-state index in [-0.39, 0.29) is 23.8 Å². The van der Waals surface area contributed by atoms with Crippen LogP contribution in [0, 0.1) is 5.92 Å². The Balaban J connectivity index is 1.54. The monoisotopic (exact) mass is 458 g/mol. The number of allylic oxidation sites excluding steroid dienone is 2. The molecule has 0 fully saturated rings. The number of rotatable bonds is 9. The summed E-state index contributed by atoms with van der Waals surface area (Å²) in [5, 5.41) is 7.14. The zero-order valence-corrected chi connectivity index (χ0v) is 19.0. The minimum absolute atomic E-state index is 0.0571. The highest BCUT2D eigenvalue weighted by Gasteiger charge is 2.19. The molecule has 0 radical (unpaired) electrons. The summed E-state index contributed by atoms with van der Waals surface area (Å²) in [5.41, 5.74) is 1.98. The van der Waals surface area contributed by atoms with Crippen molar-refractivity contribution in [1.82, 2.24) is 10.6 Å². The first-order valence-corrected chi connectivity index (χ1v) is 11.5. The van der Waals surface area contributed by atoms with Crippen LogP contribution in [0.1, 0.15) is 49.3 Å². The summed E-state index contributed by atoms with van der Waals surface area (Å²) in [4.78, 5) is 24.8. The normalized spacial score (nSPS) is 16.5. The first kappa shape index (κ1) is 23.4. The van der Waals surface area contributed by atoms with Gasteiger partial charge in [-0.3, -0.25) is 9.59 Å². The van der Waals surface area contributed by atoms with Crippen molar-refractivity contribution in [3.63, 3.8) is 0 Å². The number of amides is 2. The van der Waals surface area contributed by atoms with Gasteiger partial charge in [0, 0.05) is 28.9 Å². The summed E-state index contributed by atoms with van der Waals surface area (Å²) < 4.78 is 0. The topological polar surface area (TPSA) is 58.2 Å². The van der Waals surface area contributed by atoms with E-state index >= 15 is 0 Å². The van der Waals surface area contributed by atoms with Gasteiger partial charge in [0.2, 0.25) is 11.8 Å². The highest BCUT2D eigenvalue weighted by atomic mass is 35.5. The van der Waals surface area contributed by atoms with Crippen molar-refractivity contribution in [2.45, 2.75) is 44.6 Å². The second kappa shape index (κ2) is 11.9. The molecule has 0 aliphatic heterocycles. The summed E-state index contributed by atoms with van der Waals surface area (Å²) in [6.07, 6.45) is 8.40. The smallest absolute Gasteiger partial charge is 0.223 e. The fourth-order valence-electron chi connectivity index (χ4n) is 3.78. The summed E-state index contributed by atoms with van der Waals surface area (Å²) in [5.74, 6) is 0.0776. The molecule has 0 saturated heterocycles. The Hall–Kier alpha value is -2.30. The van der Waals surface area contributed by atoms with Crippen LogP contribution >= 0.6 is 23.2 Å². The van der Waals surface area contributed by atoms with Crippen molar-refractivity contribution < 1.29 is 9.59 Å². The molecular formula is C25H28Cl2N2O2. The van der Waals surface area contributed by atoms with Gasteiger partial charge in [0.05, 0.1) is 6.04 Å². The van der Waals surface area contributed by atoms with Crippen LogP contribution < -0.4 is 10.6 Å². The number of hydrogen-bond acceptors (Lipinski definition) is 2. The van der Waals surface area contributed by atoms with Gasteiger partial charge in [0.25, 0.3) is 0 Å². The third kappa shape index (κ3) is 7.71. The molecule has 2 aromatic carbocycles. The summed E-state index contributed by atoms with van der Waals surface area (Å²) in [6.45, 7) is 0.499. The largest absolute Gasteiger partial charge is 0.356 e. The molecule has 3 rings (SSSR count). The lowest BCUT2D eigenvalue weighted by molar-refractivity contribution is -0.126. The van der Waals surface area contributed by atoms with Gasteiger partial charge < -0.3 is 10.6 Å². The maximum Gasteiger partial charge on any atom is 0.223 e. The SMILES string of the molecule is O=C(CCCNC(=O)C1CC=CCC1)NC(Cc1ccccc1)c1cc(Cl)cc(Cl)c1. The second-order valence-corrected chi connectivity index (χ2v) is 8.76. The van der Waals surface area contributed by atoms with E-state index in [4.69, 9.17) is 23.2 Å². The van der Waals surface area contributed by atoms with E-state index in [1.54, 1.807) is 6.07 Å². The average molecular weight is 459 g/mol. The predicted octanol–water partition coefficient (Wildman–Crippen LogP) is 5.65. The molecule has 0 spiro atoms. The van der Waals surface area contributed by atoms with E-state index in [0.29, 0.717) is 35.9 Å². The maximum absolute atomic E-state index is 12.6. The van der Waals surface area contributed by atoms with Gasteiger partial charge in [-0.15, -0.1) is 0 Å². The van der Waals surface area contributed by atoms with Crippen LogP contribution in [-0.2, 0) is 16.0 Å². The van der Waals surface area contributed by atoms with Gasteiger partial charge in [0.1, 0.15) is 0 Å². The minimum atomic E-state index is -0.241. The molecule has 31 heavy (non-hydrogen) atoms. The van der Waals surface area contributed by atoms with Crippen molar-refractivity contribution in [1.29, 1.82) is 0 Å². The average Bonchev–Trinajstić information content (AvgIpc) is 2.77. The van der Waals surface area contributed by atoms with Gasteiger partial charge in [-0.25, -0.2) is 0 Å². The quantitative estimate of drug-likeness (QED) is 0.376. The van der Waals surface area contributed by atoms with Gasteiger partial charge in [-0.2, -0.15) is 0 Å². The van der Waals surface area contributed by atoms with Gasteiger partial charge in [-0.05, 0) is 61.4 Å². The van der Waals surface area contributed by atoms with Crippen LogP contribution in [0.2, 0.25) is 10.0 Å². The molecule has 0 bridgehead atoms. The van der Waals surface area contributed by atoms with Crippen LogP contribution in [0.25, 0.3) is 0 Å². The van der Waals surface area contributed by atoms with Crippen LogP contribution in [0.3, 0.4) is 0 Å². The van der Waals surface area contributed by atoms with E-state index in [0.717, 1.165) is 30.4 Å². The number of halogens is 2. The second-order valence-electron chi connectivity index (χ2n) is 7.89. The molecule has 0 saturated carbocycles. The van der Waals surface area contributed by atoms with E-state index < -0.39 is 0 Å². The van der Waals surface area contributed by atoms with Gasteiger partial charge >= 0.3 is 0 Å². The van der Waals surface area contributed by atoms with Crippen LogP contribution in [0.4, 0.5) is 0 Å². The van der Waals surface area contributed by atoms with Crippen molar-refractivity contribution in [2.24, 2.45) is 5.92 Å². The number of hydrogen-bond donors (Lipinski definition) is 2. The zero-order valence-electron chi connectivity index (χ0n) is 17.5. The molecule has 2 unspecified atom stereocenters. The Kier molecular flexibility index (Phi) is 8.98. The van der Waals surface area contributed by atoms with E-state index in [1.165, 1.54) is 0 Å². The molecule has 1 aliphatic carbocycles. The molecule has 2 atom stereocenters. The van der Waals surface area contributed by atoms with Crippen molar-refractivity contribution >= 4 is 35.0 Å². The number of benzene rings is 2. The lowest BCUT2D eigenvalue weighted by atomic mass is 9.94. The van der Waals surface area contributed by atoms with Crippen molar-refractivity contribution in [3.05, 3.63) is 81.9 Å². The molecule has 0 heterocycles. The maximum atomic E-state index is 12.6. The molecule has 6 heteroatoms. The Morgan fingerprint density at radius 3 is 2.45 bits per heavy atom. The highest BCUT2D eigenvalue weighted by molar-refractivity contribution is 6.34. The fourth-order valence-corrected chi connectivity index (χ4v) is 4.32. The minimum Gasteiger partial charge on any atom is -0.356 e. The van der Waals surface area contributed by atoms with Crippen LogP contribution in [-0.4, -0.2) is 18.4 Å². The highest BCUT2D eigenvalue weighted by Crippen LogP contribution is 2.26. The molecule has 4 nitrogen and oxygen atoms in total. The van der Waals surface area contributed by atoms with E-state index in [2.05, 4.69) is 22.8 Å². The van der Waals surface area contributed by atoms with Gasteiger partial charge in [-0.1, -0.05) is 65.7 Å². The molecule has 2 N–H and O–H groups in total. The summed E-state index contributed by atoms with van der Waals surface area (Å²) in [6, 6.07) is 15.1. The zero-order chi connectivity index (χ0) is 22.1.